The van der Waals surface area contributed by atoms with E-state index < -0.39 is 0 Å². The molecule has 4 aromatic rings. The van der Waals surface area contributed by atoms with Crippen molar-refractivity contribution in [1.82, 2.24) is 19.9 Å². The fraction of sp³-hybridized carbons (Fsp3) is 0.259. The maximum atomic E-state index is 12.7. The third-order valence-corrected chi connectivity index (χ3v) is 6.32. The number of amides is 1. The van der Waals surface area contributed by atoms with Crippen molar-refractivity contribution in [2.75, 3.05) is 31.7 Å². The minimum Gasteiger partial charge on any atom is -0.492 e. The number of nitriles is 1. The van der Waals surface area contributed by atoms with E-state index in [1.54, 1.807) is 42.3 Å². The Hall–Kier alpha value is -4.42. The van der Waals surface area contributed by atoms with Gasteiger partial charge in [0.1, 0.15) is 17.6 Å². The van der Waals surface area contributed by atoms with Crippen molar-refractivity contribution < 1.29 is 14.3 Å². The molecule has 36 heavy (non-hydrogen) atoms. The van der Waals surface area contributed by atoms with Crippen LogP contribution >= 0.6 is 0 Å². The van der Waals surface area contributed by atoms with Crippen molar-refractivity contribution >= 4 is 17.2 Å². The number of methoxy groups -OCH3 is 1. The summed E-state index contributed by atoms with van der Waals surface area (Å²) in [6.45, 7) is 3.62. The second-order valence-electron chi connectivity index (χ2n) is 8.52. The monoisotopic (exact) mass is 482 g/mol. The lowest BCUT2D eigenvalue weighted by Gasteiger charge is -2.18. The Morgan fingerprint density at radius 3 is 2.72 bits per heavy atom. The Balaban J connectivity index is 1.38. The van der Waals surface area contributed by atoms with Gasteiger partial charge in [0.15, 0.2) is 0 Å². The minimum atomic E-state index is -0.170. The number of rotatable bonds is 7. The lowest BCUT2D eigenvalue weighted by molar-refractivity contribution is 0.0782. The molecule has 1 saturated heterocycles. The molecule has 1 amide bonds. The summed E-state index contributed by atoms with van der Waals surface area (Å²) in [5.41, 5.74) is 3.47. The summed E-state index contributed by atoms with van der Waals surface area (Å²) < 4.78 is 13.0. The standard InChI is InChI=1S/C27H26N6O3/c1-3-36-21-11-22(26-20(12-28)14-30-33(26)15-21)19-9-10-25(29-13-19)32-16-23(24(17-32)35-2)31-27(34)18-7-5-4-6-8-18/h4-11,13-15,23-24H,3,16-17H2,1-2H3,(H,31,34). The first-order valence-corrected chi connectivity index (χ1v) is 11.8. The van der Waals surface area contributed by atoms with E-state index in [0.717, 1.165) is 16.9 Å². The van der Waals surface area contributed by atoms with Crippen LogP contribution in [-0.4, -0.2) is 59.5 Å². The number of ether oxygens (including phenoxy) is 2. The number of carbonyl (C=O) groups excluding carboxylic acids is 1. The fourth-order valence-corrected chi connectivity index (χ4v) is 4.56. The average molecular weight is 483 g/mol. The van der Waals surface area contributed by atoms with Crippen molar-refractivity contribution in [3.05, 3.63) is 78.2 Å². The van der Waals surface area contributed by atoms with Crippen molar-refractivity contribution in [3.8, 4) is 22.9 Å². The van der Waals surface area contributed by atoms with E-state index in [2.05, 4.69) is 21.4 Å². The lowest BCUT2D eigenvalue weighted by Crippen LogP contribution is -2.43. The molecule has 1 aliphatic rings. The number of nitrogens with one attached hydrogen (secondary N) is 1. The summed E-state index contributed by atoms with van der Waals surface area (Å²) in [4.78, 5) is 19.5. The second-order valence-corrected chi connectivity index (χ2v) is 8.52. The highest BCUT2D eigenvalue weighted by Gasteiger charge is 2.34. The molecule has 9 nitrogen and oxygen atoms in total. The SMILES string of the molecule is CCOc1cc(-c2ccc(N3CC(NC(=O)c4ccccc4)C(OC)C3)nc2)c2c(C#N)cnn2c1. The summed E-state index contributed by atoms with van der Waals surface area (Å²) in [7, 11) is 1.65. The molecule has 1 fully saturated rings. The molecule has 4 heterocycles. The number of hydrogen-bond acceptors (Lipinski definition) is 7. The first kappa shape index (κ1) is 23.3. The zero-order valence-electron chi connectivity index (χ0n) is 20.1. The van der Waals surface area contributed by atoms with Gasteiger partial charge in [-0.3, -0.25) is 4.79 Å². The first-order valence-electron chi connectivity index (χ1n) is 11.8. The van der Waals surface area contributed by atoms with Gasteiger partial charge in [0.2, 0.25) is 0 Å². The highest BCUT2D eigenvalue weighted by atomic mass is 16.5. The Morgan fingerprint density at radius 1 is 1.19 bits per heavy atom. The summed E-state index contributed by atoms with van der Waals surface area (Å²) in [6, 6.07) is 17.0. The summed E-state index contributed by atoms with van der Waals surface area (Å²) >= 11 is 0. The number of aromatic nitrogens is 3. The molecule has 0 bridgehead atoms. The average Bonchev–Trinajstić information content (AvgIpc) is 3.53. The van der Waals surface area contributed by atoms with E-state index in [1.807, 2.05) is 43.3 Å². The van der Waals surface area contributed by atoms with Crippen molar-refractivity contribution in [2.45, 2.75) is 19.1 Å². The maximum Gasteiger partial charge on any atom is 0.251 e. The predicted molar refractivity (Wildman–Crippen MR) is 135 cm³/mol. The molecule has 182 valence electrons. The molecule has 1 N–H and O–H groups in total. The molecule has 2 unspecified atom stereocenters. The van der Waals surface area contributed by atoms with E-state index >= 15 is 0 Å². The van der Waals surface area contributed by atoms with Crippen LogP contribution in [0.2, 0.25) is 0 Å². The Bertz CT molecular complexity index is 1410. The maximum absolute atomic E-state index is 12.7. The Morgan fingerprint density at radius 2 is 2.03 bits per heavy atom. The first-order chi connectivity index (χ1) is 17.6. The van der Waals surface area contributed by atoms with Crippen LogP contribution in [0.25, 0.3) is 16.6 Å². The smallest absolute Gasteiger partial charge is 0.251 e. The van der Waals surface area contributed by atoms with Crippen LogP contribution in [0.15, 0.2) is 67.1 Å². The highest BCUT2D eigenvalue weighted by Crippen LogP contribution is 2.32. The van der Waals surface area contributed by atoms with Crippen LogP contribution in [0.5, 0.6) is 5.75 Å². The molecule has 0 aliphatic carbocycles. The molecule has 0 radical (unpaired) electrons. The van der Waals surface area contributed by atoms with Crippen molar-refractivity contribution in [3.63, 3.8) is 0 Å². The van der Waals surface area contributed by atoms with Crippen LogP contribution in [0.3, 0.4) is 0 Å². The third-order valence-electron chi connectivity index (χ3n) is 6.32. The van der Waals surface area contributed by atoms with Crippen LogP contribution in [0.4, 0.5) is 5.82 Å². The number of pyridine rings is 2. The van der Waals surface area contributed by atoms with Gasteiger partial charge in [-0.2, -0.15) is 10.4 Å². The van der Waals surface area contributed by atoms with Gasteiger partial charge < -0.3 is 19.7 Å². The number of carbonyl (C=O) groups is 1. The molecular formula is C27H26N6O3. The van der Waals surface area contributed by atoms with Gasteiger partial charge in [0, 0.05) is 43.1 Å². The Kier molecular flexibility index (Phi) is 6.52. The number of fused-ring (bicyclic) bond motifs is 1. The fourth-order valence-electron chi connectivity index (χ4n) is 4.56. The van der Waals surface area contributed by atoms with Gasteiger partial charge in [0.25, 0.3) is 5.91 Å². The van der Waals surface area contributed by atoms with Gasteiger partial charge in [-0.15, -0.1) is 0 Å². The van der Waals surface area contributed by atoms with E-state index in [-0.39, 0.29) is 18.1 Å². The molecule has 0 spiro atoms. The van der Waals surface area contributed by atoms with Crippen LogP contribution < -0.4 is 15.0 Å². The van der Waals surface area contributed by atoms with Gasteiger partial charge in [-0.25, -0.2) is 9.50 Å². The zero-order chi connectivity index (χ0) is 25.1. The van der Waals surface area contributed by atoms with Crippen LogP contribution in [0.1, 0.15) is 22.8 Å². The van der Waals surface area contributed by atoms with Crippen molar-refractivity contribution in [1.29, 1.82) is 5.26 Å². The van der Waals surface area contributed by atoms with E-state index in [0.29, 0.717) is 42.1 Å². The van der Waals surface area contributed by atoms with Gasteiger partial charge in [-0.1, -0.05) is 18.2 Å². The Labute approximate surface area is 208 Å². The van der Waals surface area contributed by atoms with Gasteiger partial charge >= 0.3 is 0 Å². The van der Waals surface area contributed by atoms with E-state index in [4.69, 9.17) is 14.5 Å². The molecule has 1 aliphatic heterocycles. The molecule has 1 aromatic carbocycles. The van der Waals surface area contributed by atoms with Crippen LogP contribution in [-0.2, 0) is 4.74 Å². The predicted octanol–water partition coefficient (Wildman–Crippen LogP) is 3.30. The molecule has 9 heteroatoms. The summed E-state index contributed by atoms with van der Waals surface area (Å²) in [5.74, 6) is 1.32. The molecule has 2 atom stereocenters. The topological polar surface area (TPSA) is 105 Å². The van der Waals surface area contributed by atoms with E-state index in [9.17, 15) is 10.1 Å². The molecule has 3 aromatic heterocycles. The van der Waals surface area contributed by atoms with Crippen LogP contribution in [0, 0.1) is 11.3 Å². The quantitative estimate of drug-likeness (QED) is 0.431. The highest BCUT2D eigenvalue weighted by molar-refractivity contribution is 5.94. The normalized spacial score (nSPS) is 17.2. The van der Waals surface area contributed by atoms with Gasteiger partial charge in [-0.05, 0) is 37.3 Å². The number of anilines is 1. The lowest BCUT2D eigenvalue weighted by atomic mass is 10.1. The minimum absolute atomic E-state index is 0.125. The number of nitrogens with zero attached hydrogens (tertiary/aromatic N) is 5. The summed E-state index contributed by atoms with van der Waals surface area (Å²) in [6.07, 6.45) is 4.94. The zero-order valence-corrected chi connectivity index (χ0v) is 20.1. The van der Waals surface area contributed by atoms with E-state index in [1.165, 1.54) is 0 Å². The molecule has 0 saturated carbocycles. The van der Waals surface area contributed by atoms with Gasteiger partial charge in [0.05, 0.1) is 42.2 Å². The number of benzene rings is 1. The number of hydrogen-bond donors (Lipinski definition) is 1. The molecule has 5 rings (SSSR count). The third kappa shape index (κ3) is 4.46. The largest absolute Gasteiger partial charge is 0.492 e. The molecular weight excluding hydrogens is 456 g/mol. The van der Waals surface area contributed by atoms with Crippen molar-refractivity contribution in [2.24, 2.45) is 0 Å². The summed E-state index contributed by atoms with van der Waals surface area (Å²) in [5, 5.41) is 17.0. The second kappa shape index (κ2) is 10.1.